The molecule has 0 unspecified atom stereocenters. The smallest absolute Gasteiger partial charge is 0.143 e. The van der Waals surface area contributed by atoms with Crippen molar-refractivity contribution >= 4 is 23.4 Å². The number of halogens is 2. The van der Waals surface area contributed by atoms with Crippen LogP contribution in [0, 0.1) is 11.2 Å². The molecular weight excluding hydrogens is 257 g/mol. The molecule has 0 saturated heterocycles. The summed E-state index contributed by atoms with van der Waals surface area (Å²) in [7, 11) is 0. The lowest BCUT2D eigenvalue weighted by molar-refractivity contribution is 0.347. The van der Waals surface area contributed by atoms with E-state index in [9.17, 15) is 4.39 Å². The van der Waals surface area contributed by atoms with Crippen molar-refractivity contribution in [1.29, 1.82) is 0 Å². The van der Waals surface area contributed by atoms with Crippen molar-refractivity contribution in [3.8, 4) is 0 Å². The van der Waals surface area contributed by atoms with E-state index in [1.54, 1.807) is 0 Å². The number of benzene rings is 1. The zero-order chi connectivity index (χ0) is 13.1. The molecule has 1 aromatic carbocycles. The van der Waals surface area contributed by atoms with Crippen molar-refractivity contribution in [2.75, 3.05) is 12.8 Å². The van der Waals surface area contributed by atoms with Crippen molar-refractivity contribution in [2.45, 2.75) is 31.6 Å². The fourth-order valence-electron chi connectivity index (χ4n) is 1.49. The fraction of sp³-hybridized carbons (Fsp3) is 0.538. The molecule has 0 radical (unpaired) electrons. The number of rotatable bonds is 5. The third-order valence-corrected chi connectivity index (χ3v) is 4.18. The second-order valence-electron chi connectivity index (χ2n) is 4.96. The first-order valence-electron chi connectivity index (χ1n) is 5.61. The second kappa shape index (κ2) is 6.07. The molecule has 0 aliphatic carbocycles. The van der Waals surface area contributed by atoms with Crippen LogP contribution in [0.15, 0.2) is 17.0 Å². The van der Waals surface area contributed by atoms with Crippen LogP contribution >= 0.6 is 23.4 Å². The first kappa shape index (κ1) is 14.8. The van der Waals surface area contributed by atoms with Gasteiger partial charge < -0.3 is 5.73 Å². The summed E-state index contributed by atoms with van der Waals surface area (Å²) < 4.78 is 13.6. The minimum Gasteiger partial charge on any atom is -0.330 e. The molecule has 1 rings (SSSR count). The van der Waals surface area contributed by atoms with Crippen LogP contribution in [-0.2, 0) is 6.42 Å². The SMILES string of the molecule is CSc1cc(CCC(C)(C)CN)cc(F)c1Cl. The lowest BCUT2D eigenvalue weighted by atomic mass is 9.86. The fourth-order valence-corrected chi connectivity index (χ4v) is 2.38. The van der Waals surface area contributed by atoms with Crippen molar-refractivity contribution in [1.82, 2.24) is 0 Å². The predicted molar refractivity (Wildman–Crippen MR) is 74.3 cm³/mol. The molecule has 1 nitrogen and oxygen atoms in total. The van der Waals surface area contributed by atoms with E-state index in [1.807, 2.05) is 12.3 Å². The van der Waals surface area contributed by atoms with Gasteiger partial charge in [0.05, 0.1) is 5.02 Å². The monoisotopic (exact) mass is 275 g/mol. The molecule has 0 fully saturated rings. The first-order valence-corrected chi connectivity index (χ1v) is 7.22. The van der Waals surface area contributed by atoms with Crippen LogP contribution in [0.4, 0.5) is 4.39 Å². The summed E-state index contributed by atoms with van der Waals surface area (Å²) in [6.07, 6.45) is 3.67. The van der Waals surface area contributed by atoms with Gasteiger partial charge in [-0.2, -0.15) is 0 Å². The molecule has 17 heavy (non-hydrogen) atoms. The maximum absolute atomic E-state index is 13.6. The number of thioether (sulfide) groups is 1. The number of hydrogen-bond donors (Lipinski definition) is 1. The van der Waals surface area contributed by atoms with Crippen molar-refractivity contribution in [3.05, 3.63) is 28.5 Å². The van der Waals surface area contributed by atoms with Gasteiger partial charge in [0.15, 0.2) is 0 Å². The molecule has 0 aromatic heterocycles. The Bertz CT molecular complexity index is 393. The summed E-state index contributed by atoms with van der Waals surface area (Å²) in [5.74, 6) is -0.334. The van der Waals surface area contributed by atoms with E-state index in [2.05, 4.69) is 13.8 Å². The second-order valence-corrected chi connectivity index (χ2v) is 6.19. The molecule has 0 amide bonds. The normalized spacial score (nSPS) is 11.9. The maximum Gasteiger partial charge on any atom is 0.143 e. The Morgan fingerprint density at radius 2 is 2.06 bits per heavy atom. The Balaban J connectivity index is 2.82. The van der Waals surface area contributed by atoms with Gasteiger partial charge >= 0.3 is 0 Å². The predicted octanol–water partition coefficient (Wildman–Crippen LogP) is 4.12. The molecule has 4 heteroatoms. The molecule has 0 bridgehead atoms. The van der Waals surface area contributed by atoms with Gasteiger partial charge in [-0.25, -0.2) is 4.39 Å². The Labute approximate surface area is 112 Å². The Kier molecular flexibility index (Phi) is 5.29. The number of aryl methyl sites for hydroxylation is 1. The van der Waals surface area contributed by atoms with E-state index >= 15 is 0 Å². The molecule has 0 aliphatic heterocycles. The van der Waals surface area contributed by atoms with Gasteiger partial charge in [-0.05, 0) is 48.8 Å². The lowest BCUT2D eigenvalue weighted by Crippen LogP contribution is -2.24. The topological polar surface area (TPSA) is 26.0 Å². The van der Waals surface area contributed by atoms with Gasteiger partial charge in [-0.3, -0.25) is 0 Å². The average molecular weight is 276 g/mol. The molecule has 0 spiro atoms. The van der Waals surface area contributed by atoms with E-state index in [0.717, 1.165) is 23.3 Å². The molecule has 96 valence electrons. The summed E-state index contributed by atoms with van der Waals surface area (Å²) in [5.41, 5.74) is 6.76. The van der Waals surface area contributed by atoms with Crippen LogP contribution in [0.2, 0.25) is 5.02 Å². The van der Waals surface area contributed by atoms with Gasteiger partial charge in [-0.1, -0.05) is 25.4 Å². The molecular formula is C13H19ClFNS. The van der Waals surface area contributed by atoms with Crippen LogP contribution in [0.5, 0.6) is 0 Å². The van der Waals surface area contributed by atoms with E-state index in [-0.39, 0.29) is 16.3 Å². The van der Waals surface area contributed by atoms with Crippen molar-refractivity contribution < 1.29 is 4.39 Å². The maximum atomic E-state index is 13.6. The zero-order valence-corrected chi connectivity index (χ0v) is 12.1. The summed E-state index contributed by atoms with van der Waals surface area (Å²) in [6, 6.07) is 3.48. The van der Waals surface area contributed by atoms with Crippen LogP contribution in [0.25, 0.3) is 0 Å². The van der Waals surface area contributed by atoms with Gasteiger partial charge in [-0.15, -0.1) is 11.8 Å². The molecule has 2 N–H and O–H groups in total. The Hall–Kier alpha value is -0.250. The standard InChI is InChI=1S/C13H19ClFNS/c1-13(2,8-16)5-4-9-6-10(15)12(14)11(7-9)17-3/h6-7H,4-5,8,16H2,1-3H3. The summed E-state index contributed by atoms with van der Waals surface area (Å²) in [4.78, 5) is 0.798. The summed E-state index contributed by atoms with van der Waals surface area (Å²) in [6.45, 7) is 4.88. The molecule has 0 atom stereocenters. The van der Waals surface area contributed by atoms with E-state index in [0.29, 0.717) is 6.54 Å². The van der Waals surface area contributed by atoms with Crippen LogP contribution in [0.3, 0.4) is 0 Å². The third-order valence-electron chi connectivity index (χ3n) is 2.92. The highest BCUT2D eigenvalue weighted by atomic mass is 35.5. The molecule has 0 aliphatic rings. The Morgan fingerprint density at radius 1 is 1.41 bits per heavy atom. The minimum absolute atomic E-state index is 0.0929. The largest absolute Gasteiger partial charge is 0.330 e. The van der Waals surface area contributed by atoms with Crippen LogP contribution < -0.4 is 5.73 Å². The lowest BCUT2D eigenvalue weighted by Gasteiger charge is -2.22. The summed E-state index contributed by atoms with van der Waals surface area (Å²) in [5, 5.41) is 0.222. The zero-order valence-electron chi connectivity index (χ0n) is 10.5. The van der Waals surface area contributed by atoms with Crippen molar-refractivity contribution in [3.63, 3.8) is 0 Å². The van der Waals surface area contributed by atoms with E-state index in [1.165, 1.54) is 17.8 Å². The minimum atomic E-state index is -0.334. The van der Waals surface area contributed by atoms with Gasteiger partial charge in [0.1, 0.15) is 5.82 Å². The van der Waals surface area contributed by atoms with Crippen LogP contribution in [-0.4, -0.2) is 12.8 Å². The molecule has 0 saturated carbocycles. The Morgan fingerprint density at radius 3 is 2.59 bits per heavy atom. The number of nitrogens with two attached hydrogens (primary N) is 1. The molecule has 0 heterocycles. The highest BCUT2D eigenvalue weighted by Crippen LogP contribution is 2.30. The highest BCUT2D eigenvalue weighted by molar-refractivity contribution is 7.98. The highest BCUT2D eigenvalue weighted by Gasteiger charge is 2.16. The van der Waals surface area contributed by atoms with Crippen molar-refractivity contribution in [2.24, 2.45) is 11.1 Å². The van der Waals surface area contributed by atoms with Gasteiger partial charge in [0, 0.05) is 4.90 Å². The van der Waals surface area contributed by atoms with Gasteiger partial charge in [0.25, 0.3) is 0 Å². The molecule has 1 aromatic rings. The third kappa shape index (κ3) is 4.16. The van der Waals surface area contributed by atoms with E-state index in [4.69, 9.17) is 17.3 Å². The summed E-state index contributed by atoms with van der Waals surface area (Å²) >= 11 is 7.33. The first-order chi connectivity index (χ1) is 7.89. The quantitative estimate of drug-likeness (QED) is 0.818. The number of hydrogen-bond acceptors (Lipinski definition) is 2. The van der Waals surface area contributed by atoms with Gasteiger partial charge in [0.2, 0.25) is 0 Å². The van der Waals surface area contributed by atoms with Crippen LogP contribution in [0.1, 0.15) is 25.8 Å². The average Bonchev–Trinajstić information content (AvgIpc) is 2.30. The van der Waals surface area contributed by atoms with E-state index < -0.39 is 0 Å².